The van der Waals surface area contributed by atoms with Crippen molar-refractivity contribution in [2.24, 2.45) is 0 Å². The highest BCUT2D eigenvalue weighted by molar-refractivity contribution is 5.97. The molecule has 2 nitrogen and oxygen atoms in total. The van der Waals surface area contributed by atoms with Crippen molar-refractivity contribution < 1.29 is 0 Å². The Morgan fingerprint density at radius 1 is 0.714 bits per heavy atom. The minimum atomic E-state index is -0.0108. The van der Waals surface area contributed by atoms with Crippen LogP contribution in [0.3, 0.4) is 0 Å². The van der Waals surface area contributed by atoms with Gasteiger partial charge < -0.3 is 9.80 Å². The van der Waals surface area contributed by atoms with E-state index < -0.39 is 0 Å². The van der Waals surface area contributed by atoms with Crippen LogP contribution in [0.4, 0.5) is 17.1 Å². The number of para-hydroxylation sites is 2. The molecule has 0 amide bonds. The summed E-state index contributed by atoms with van der Waals surface area (Å²) in [6.45, 7) is 16.5. The number of benzene rings is 4. The maximum Gasteiger partial charge on any atom is 0.103 e. The number of anilines is 3. The Bertz CT molecular complexity index is 1510. The first-order chi connectivity index (χ1) is 16.5. The Hall–Kier alpha value is -3.26. The molecule has 2 aliphatic rings. The molecule has 0 fully saturated rings. The van der Waals surface area contributed by atoms with E-state index in [2.05, 4.69) is 132 Å². The third-order valence-electron chi connectivity index (χ3n) is 9.38. The molecule has 6 rings (SSSR count). The summed E-state index contributed by atoms with van der Waals surface area (Å²) >= 11 is 0. The predicted molar refractivity (Wildman–Crippen MR) is 151 cm³/mol. The SMILES string of the molecule is Cc1ccc2c3c(ccc2c1)-c1cc(N2c4ccccc4N(C)[C@@H]2C)c(C)cc1C(C)(C)C3(C)C. The zero-order valence-electron chi connectivity index (χ0n) is 22.3. The van der Waals surface area contributed by atoms with Crippen LogP contribution in [0.25, 0.3) is 21.9 Å². The highest BCUT2D eigenvalue weighted by atomic mass is 15.4. The molecule has 0 spiro atoms. The molecule has 0 saturated carbocycles. The van der Waals surface area contributed by atoms with Crippen molar-refractivity contribution in [2.75, 3.05) is 16.8 Å². The van der Waals surface area contributed by atoms with Crippen LogP contribution < -0.4 is 9.80 Å². The second-order valence-electron chi connectivity index (χ2n) is 11.7. The maximum absolute atomic E-state index is 2.52. The van der Waals surface area contributed by atoms with Gasteiger partial charge in [0, 0.05) is 18.2 Å². The minimum Gasteiger partial charge on any atom is -0.353 e. The molecule has 1 aliphatic carbocycles. The van der Waals surface area contributed by atoms with Crippen LogP contribution in [0.5, 0.6) is 0 Å². The summed E-state index contributed by atoms with van der Waals surface area (Å²) in [5, 5.41) is 2.73. The minimum absolute atomic E-state index is 0.00812. The molecule has 1 aliphatic heterocycles. The third-order valence-corrected chi connectivity index (χ3v) is 9.38. The Morgan fingerprint density at radius 3 is 2.17 bits per heavy atom. The third kappa shape index (κ3) is 2.83. The highest BCUT2D eigenvalue weighted by Gasteiger charge is 2.47. The largest absolute Gasteiger partial charge is 0.353 e. The normalized spacial score (nSPS) is 19.5. The Labute approximate surface area is 210 Å². The van der Waals surface area contributed by atoms with E-state index in [0.717, 1.165) is 0 Å². The van der Waals surface area contributed by atoms with E-state index in [0.29, 0.717) is 0 Å². The summed E-state index contributed by atoms with van der Waals surface area (Å²) < 4.78 is 0. The van der Waals surface area contributed by atoms with Crippen molar-refractivity contribution in [3.63, 3.8) is 0 Å². The molecular formula is C33H36N2. The first kappa shape index (κ1) is 22.2. The lowest BCUT2D eigenvalue weighted by atomic mass is 9.54. The Kier molecular flexibility index (Phi) is 4.53. The highest BCUT2D eigenvalue weighted by Crippen LogP contribution is 2.57. The lowest BCUT2D eigenvalue weighted by molar-refractivity contribution is 0.301. The van der Waals surface area contributed by atoms with Gasteiger partial charge in [0.2, 0.25) is 0 Å². The number of nitrogens with zero attached hydrogens (tertiary/aromatic N) is 2. The number of hydrogen-bond acceptors (Lipinski definition) is 2. The van der Waals surface area contributed by atoms with Crippen LogP contribution in [-0.2, 0) is 10.8 Å². The van der Waals surface area contributed by atoms with E-state index >= 15 is 0 Å². The average Bonchev–Trinajstić information content (AvgIpc) is 3.07. The molecule has 2 heteroatoms. The van der Waals surface area contributed by atoms with Gasteiger partial charge in [0.25, 0.3) is 0 Å². The molecule has 4 aromatic rings. The molecule has 0 aromatic heterocycles. The van der Waals surface area contributed by atoms with Crippen molar-refractivity contribution >= 4 is 27.8 Å². The molecular weight excluding hydrogens is 424 g/mol. The van der Waals surface area contributed by atoms with Crippen LogP contribution in [0, 0.1) is 13.8 Å². The average molecular weight is 461 g/mol. The van der Waals surface area contributed by atoms with Gasteiger partial charge in [-0.2, -0.15) is 0 Å². The lowest BCUT2D eigenvalue weighted by Crippen LogP contribution is -2.44. The van der Waals surface area contributed by atoms with Crippen molar-refractivity contribution in [1.29, 1.82) is 0 Å². The second-order valence-corrected chi connectivity index (χ2v) is 11.7. The van der Waals surface area contributed by atoms with Gasteiger partial charge in [-0.3, -0.25) is 0 Å². The maximum atomic E-state index is 2.52. The summed E-state index contributed by atoms with van der Waals surface area (Å²) in [4.78, 5) is 4.90. The predicted octanol–water partition coefficient (Wildman–Crippen LogP) is 8.63. The first-order valence-corrected chi connectivity index (χ1v) is 12.8. The fourth-order valence-electron chi connectivity index (χ4n) is 6.57. The Balaban J connectivity index is 1.66. The summed E-state index contributed by atoms with van der Waals surface area (Å²) in [5.74, 6) is 0. The number of aryl methyl sites for hydroxylation is 2. The number of hydrogen-bond donors (Lipinski definition) is 0. The number of rotatable bonds is 1. The zero-order valence-corrected chi connectivity index (χ0v) is 22.3. The van der Waals surface area contributed by atoms with Crippen LogP contribution in [0.1, 0.15) is 56.9 Å². The molecule has 1 heterocycles. The summed E-state index contributed by atoms with van der Waals surface area (Å²) in [5.41, 5.74) is 12.2. The van der Waals surface area contributed by atoms with Crippen molar-refractivity contribution in [1.82, 2.24) is 0 Å². The van der Waals surface area contributed by atoms with E-state index in [-0.39, 0.29) is 17.0 Å². The van der Waals surface area contributed by atoms with Gasteiger partial charge >= 0.3 is 0 Å². The molecule has 4 aromatic carbocycles. The molecule has 0 unspecified atom stereocenters. The van der Waals surface area contributed by atoms with E-state index in [1.54, 1.807) is 0 Å². The monoisotopic (exact) mass is 460 g/mol. The molecule has 1 atom stereocenters. The van der Waals surface area contributed by atoms with Gasteiger partial charge in [-0.1, -0.05) is 81.8 Å². The molecule has 0 N–H and O–H groups in total. The number of fused-ring (bicyclic) bond motifs is 6. The van der Waals surface area contributed by atoms with Gasteiger partial charge in [-0.15, -0.1) is 0 Å². The second kappa shape index (κ2) is 7.13. The van der Waals surface area contributed by atoms with Crippen LogP contribution >= 0.6 is 0 Å². The molecule has 178 valence electrons. The topological polar surface area (TPSA) is 6.48 Å². The van der Waals surface area contributed by atoms with Crippen LogP contribution in [0.2, 0.25) is 0 Å². The van der Waals surface area contributed by atoms with Crippen molar-refractivity contribution in [3.8, 4) is 11.1 Å². The molecule has 0 bridgehead atoms. The smallest absolute Gasteiger partial charge is 0.103 e. The fourth-order valence-corrected chi connectivity index (χ4v) is 6.57. The van der Waals surface area contributed by atoms with Gasteiger partial charge in [-0.25, -0.2) is 0 Å². The van der Waals surface area contributed by atoms with E-state index in [9.17, 15) is 0 Å². The van der Waals surface area contributed by atoms with Crippen molar-refractivity contribution in [3.05, 3.63) is 89.0 Å². The summed E-state index contributed by atoms with van der Waals surface area (Å²) in [7, 11) is 2.20. The van der Waals surface area contributed by atoms with E-state index in [4.69, 9.17) is 0 Å². The van der Waals surface area contributed by atoms with E-state index in [1.165, 1.54) is 61.2 Å². The van der Waals surface area contributed by atoms with Crippen LogP contribution in [-0.4, -0.2) is 13.2 Å². The van der Waals surface area contributed by atoms with Crippen molar-refractivity contribution in [2.45, 2.75) is 65.5 Å². The van der Waals surface area contributed by atoms with E-state index in [1.807, 2.05) is 0 Å². The molecule has 0 radical (unpaired) electrons. The Morgan fingerprint density at radius 2 is 1.43 bits per heavy atom. The van der Waals surface area contributed by atoms with Gasteiger partial charge in [0.15, 0.2) is 0 Å². The van der Waals surface area contributed by atoms with Gasteiger partial charge in [-0.05, 0) is 83.0 Å². The quantitative estimate of drug-likeness (QED) is 0.280. The summed E-state index contributed by atoms with van der Waals surface area (Å²) in [6.07, 6.45) is 0.260. The fraction of sp³-hybridized carbons (Fsp3) is 0.333. The lowest BCUT2D eigenvalue weighted by Gasteiger charge is -2.49. The van der Waals surface area contributed by atoms with Crippen LogP contribution in [0.15, 0.2) is 66.7 Å². The molecule has 0 saturated heterocycles. The molecule has 35 heavy (non-hydrogen) atoms. The standard InChI is InChI=1S/C33H36N2/c1-20-13-15-24-23(17-20)14-16-25-26-19-30(35-22(3)34(8)28-11-9-10-12-29(28)35)21(2)18-27(26)32(4,5)33(6,7)31(24)25/h9-19,22H,1-8H3/t22-/m0/s1. The van der Waals surface area contributed by atoms with Gasteiger partial charge in [0.1, 0.15) is 6.17 Å². The zero-order chi connectivity index (χ0) is 24.9. The first-order valence-electron chi connectivity index (χ1n) is 12.8. The van der Waals surface area contributed by atoms with Gasteiger partial charge in [0.05, 0.1) is 11.4 Å². The summed E-state index contributed by atoms with van der Waals surface area (Å²) in [6, 6.07) is 25.4.